The number of aromatic hydroxyl groups is 1. The van der Waals surface area contributed by atoms with Gasteiger partial charge in [0.05, 0.1) is 39.4 Å². The number of para-hydroxylation sites is 2. The zero-order valence-electron chi connectivity index (χ0n) is 34.9. The molecule has 1 N–H and O–H groups in total. The molecule has 6 heteroatoms. The Bertz CT molecular complexity index is 3030. The molecule has 59 heavy (non-hydrogen) atoms. The third-order valence-corrected chi connectivity index (χ3v) is 11.4. The largest absolute Gasteiger partial charge is 0.507 e. The fourth-order valence-corrected chi connectivity index (χ4v) is 8.20. The van der Waals surface area contributed by atoms with Crippen molar-refractivity contribution in [1.82, 2.24) is 19.5 Å². The first kappa shape index (κ1) is 37.8. The summed E-state index contributed by atoms with van der Waals surface area (Å²) >= 11 is 0. The number of hydrogen-bond acceptors (Lipinski definition) is 5. The Morgan fingerprint density at radius 2 is 1.27 bits per heavy atom. The van der Waals surface area contributed by atoms with Gasteiger partial charge >= 0.3 is 0 Å². The highest BCUT2D eigenvalue weighted by Crippen LogP contribution is 2.45. The molecule has 0 spiro atoms. The lowest BCUT2D eigenvalue weighted by atomic mass is 9.79. The molecule has 4 heterocycles. The van der Waals surface area contributed by atoms with Crippen LogP contribution in [-0.2, 0) is 10.8 Å². The van der Waals surface area contributed by atoms with Gasteiger partial charge in [-0.15, -0.1) is 0 Å². The number of furan rings is 1. The maximum Gasteiger partial charge on any atom is 0.149 e. The van der Waals surface area contributed by atoms with Crippen molar-refractivity contribution in [1.29, 1.82) is 0 Å². The normalized spacial score (nSPS) is 12.1. The number of aromatic nitrogens is 4. The lowest BCUT2D eigenvalue weighted by molar-refractivity contribution is 0.446. The second-order valence-electron chi connectivity index (χ2n) is 17.6. The van der Waals surface area contributed by atoms with Gasteiger partial charge in [-0.25, -0.2) is 9.97 Å². The van der Waals surface area contributed by atoms with Crippen molar-refractivity contribution in [3.63, 3.8) is 0 Å². The average molecular weight is 773 g/mol. The third kappa shape index (κ3) is 6.78. The monoisotopic (exact) mass is 772 g/mol. The van der Waals surface area contributed by atoms with E-state index in [0.29, 0.717) is 11.4 Å². The predicted molar refractivity (Wildman–Crippen MR) is 242 cm³/mol. The molecule has 0 aliphatic rings. The molecule has 5 aromatic carbocycles. The van der Waals surface area contributed by atoms with E-state index < -0.39 is 0 Å². The molecule has 0 atom stereocenters. The predicted octanol–water partition coefficient (Wildman–Crippen LogP) is 13.8. The molecule has 9 rings (SSSR count). The molecule has 4 aromatic heterocycles. The van der Waals surface area contributed by atoms with Gasteiger partial charge in [-0.3, -0.25) is 9.55 Å². The molecular weight excluding hydrogens is 725 g/mol. The van der Waals surface area contributed by atoms with E-state index in [2.05, 4.69) is 163 Å². The number of phenols is 1. The number of fused-ring (bicyclic) bond motifs is 2. The summed E-state index contributed by atoms with van der Waals surface area (Å²) in [6, 6.07) is 45.7. The zero-order valence-corrected chi connectivity index (χ0v) is 34.9. The van der Waals surface area contributed by atoms with Crippen LogP contribution in [-0.4, -0.2) is 24.6 Å². The molecule has 9 aromatic rings. The van der Waals surface area contributed by atoms with Crippen LogP contribution in [0, 0.1) is 13.8 Å². The van der Waals surface area contributed by atoms with Crippen LogP contribution in [0.5, 0.6) is 5.75 Å². The van der Waals surface area contributed by atoms with Gasteiger partial charge in [-0.05, 0) is 83.3 Å². The van der Waals surface area contributed by atoms with Gasteiger partial charge in [0, 0.05) is 39.9 Å². The summed E-state index contributed by atoms with van der Waals surface area (Å²) in [6.45, 7) is 17.3. The Morgan fingerprint density at radius 3 is 2.02 bits per heavy atom. The summed E-state index contributed by atoms with van der Waals surface area (Å²) in [5.74, 6) is 1.73. The lowest BCUT2D eigenvalue weighted by Crippen LogP contribution is -2.17. The number of rotatable bonds is 6. The minimum Gasteiger partial charge on any atom is -0.507 e. The number of imidazole rings is 1. The molecular formula is C53H48N4O2. The Kier molecular flexibility index (Phi) is 9.12. The van der Waals surface area contributed by atoms with Crippen molar-refractivity contribution in [3.05, 3.63) is 162 Å². The smallest absolute Gasteiger partial charge is 0.149 e. The summed E-state index contributed by atoms with van der Waals surface area (Å²) in [4.78, 5) is 15.6. The molecule has 0 saturated heterocycles. The fourth-order valence-electron chi connectivity index (χ4n) is 8.20. The topological polar surface area (TPSA) is 77.0 Å². The van der Waals surface area contributed by atoms with Crippen LogP contribution < -0.4 is 0 Å². The lowest BCUT2D eigenvalue weighted by Gasteiger charge is -2.27. The Morgan fingerprint density at radius 1 is 0.593 bits per heavy atom. The van der Waals surface area contributed by atoms with Gasteiger partial charge in [0.2, 0.25) is 0 Å². The van der Waals surface area contributed by atoms with Crippen LogP contribution in [0.3, 0.4) is 0 Å². The third-order valence-electron chi connectivity index (χ3n) is 11.4. The van der Waals surface area contributed by atoms with E-state index in [4.69, 9.17) is 19.4 Å². The molecule has 6 nitrogen and oxygen atoms in total. The second kappa shape index (κ2) is 14.2. The van der Waals surface area contributed by atoms with Crippen molar-refractivity contribution in [2.45, 2.75) is 66.2 Å². The number of phenolic OH excluding ortho intramolecular Hbond substituents is 1. The number of aryl methyl sites for hydroxylation is 2. The summed E-state index contributed by atoms with van der Waals surface area (Å²) in [5.41, 5.74) is 14.3. The van der Waals surface area contributed by atoms with Gasteiger partial charge < -0.3 is 9.52 Å². The Balaban J connectivity index is 1.25. The first-order valence-electron chi connectivity index (χ1n) is 20.2. The highest BCUT2D eigenvalue weighted by atomic mass is 16.3. The maximum atomic E-state index is 12.3. The fraction of sp³-hybridized carbons (Fsp3) is 0.189. The molecule has 0 aliphatic heterocycles. The molecule has 0 amide bonds. The van der Waals surface area contributed by atoms with Crippen molar-refractivity contribution in [2.75, 3.05) is 0 Å². The van der Waals surface area contributed by atoms with E-state index in [1.807, 2.05) is 36.5 Å². The summed E-state index contributed by atoms with van der Waals surface area (Å²) in [5, 5.41) is 13.2. The Hall–Kier alpha value is -6.79. The van der Waals surface area contributed by atoms with Gasteiger partial charge in [-0.2, -0.15) is 0 Å². The standard InChI is InChI=1S/C53H48N4O2/c1-32-17-14-18-33(2)48(32)47-27-35-31-54-43(30-46(35)59-47)42-24-16-23-41(55-42)38-22-15-26-45-49(38)56-51(39-28-36(52(3,4)5)29-40(50(39)58)53(6,7)8)57(45)44-25-13-12-21-37(44)34-19-10-9-11-20-34/h9-31,58H,1-8H3. The Labute approximate surface area is 345 Å². The molecule has 0 unspecified atom stereocenters. The van der Waals surface area contributed by atoms with Crippen LogP contribution in [0.15, 0.2) is 144 Å². The van der Waals surface area contributed by atoms with Crippen molar-refractivity contribution >= 4 is 22.0 Å². The number of hydrogen-bond donors (Lipinski definition) is 1. The van der Waals surface area contributed by atoms with Crippen LogP contribution in [0.4, 0.5) is 0 Å². The first-order valence-corrected chi connectivity index (χ1v) is 20.2. The first-order chi connectivity index (χ1) is 28.3. The highest BCUT2D eigenvalue weighted by molar-refractivity contribution is 5.97. The maximum absolute atomic E-state index is 12.3. The van der Waals surface area contributed by atoms with E-state index >= 15 is 0 Å². The number of nitrogens with zero attached hydrogens (tertiary/aromatic N) is 4. The molecule has 0 fully saturated rings. The van der Waals surface area contributed by atoms with Crippen LogP contribution in [0.2, 0.25) is 0 Å². The number of pyridine rings is 2. The quantitative estimate of drug-likeness (QED) is 0.182. The van der Waals surface area contributed by atoms with Gasteiger partial charge in [0.15, 0.2) is 0 Å². The molecule has 0 aliphatic carbocycles. The molecule has 292 valence electrons. The van der Waals surface area contributed by atoms with E-state index in [1.54, 1.807) is 0 Å². The van der Waals surface area contributed by atoms with E-state index in [9.17, 15) is 5.11 Å². The summed E-state index contributed by atoms with van der Waals surface area (Å²) < 4.78 is 8.67. The SMILES string of the molecule is Cc1cccc(C)c1-c1cc2cnc(-c3cccc(-c4cccc5c4nc(-c4cc(C(C)(C)C)cc(C(C)(C)C)c4O)n5-c4ccccc4-c4ccccc4)n3)cc2o1. The highest BCUT2D eigenvalue weighted by Gasteiger charge is 2.29. The van der Waals surface area contributed by atoms with E-state index in [1.165, 1.54) is 11.1 Å². The van der Waals surface area contributed by atoms with Crippen molar-refractivity contribution < 1.29 is 9.52 Å². The zero-order chi connectivity index (χ0) is 41.2. The van der Waals surface area contributed by atoms with Crippen LogP contribution in [0.1, 0.15) is 63.8 Å². The van der Waals surface area contributed by atoms with Crippen molar-refractivity contribution in [2.24, 2.45) is 0 Å². The average Bonchev–Trinajstić information content (AvgIpc) is 3.82. The van der Waals surface area contributed by atoms with E-state index in [0.717, 1.165) is 83.9 Å². The molecule has 0 bridgehead atoms. The molecule has 0 radical (unpaired) electrons. The summed E-state index contributed by atoms with van der Waals surface area (Å²) in [6.07, 6.45) is 1.86. The minimum atomic E-state index is -0.317. The minimum absolute atomic E-state index is 0.176. The molecule has 0 saturated carbocycles. The van der Waals surface area contributed by atoms with Gasteiger partial charge in [-0.1, -0.05) is 133 Å². The van der Waals surface area contributed by atoms with Gasteiger partial charge in [0.25, 0.3) is 0 Å². The van der Waals surface area contributed by atoms with Gasteiger partial charge in [0.1, 0.15) is 22.9 Å². The second-order valence-corrected chi connectivity index (χ2v) is 17.6. The summed E-state index contributed by atoms with van der Waals surface area (Å²) in [7, 11) is 0. The van der Waals surface area contributed by atoms with Crippen LogP contribution in [0.25, 0.3) is 84.2 Å². The van der Waals surface area contributed by atoms with Crippen LogP contribution >= 0.6 is 0 Å². The van der Waals surface area contributed by atoms with Crippen molar-refractivity contribution in [3.8, 4) is 67.9 Å². The number of benzene rings is 5. The van der Waals surface area contributed by atoms with E-state index in [-0.39, 0.29) is 16.6 Å².